The minimum Gasteiger partial charge on any atom is -0.273 e. The Morgan fingerprint density at radius 2 is 2.06 bits per heavy atom. The Bertz CT molecular complexity index is 444. The van der Waals surface area contributed by atoms with Gasteiger partial charge in [0, 0.05) is 10.8 Å². The van der Waals surface area contributed by atoms with E-state index in [1.165, 1.54) is 24.1 Å². The molecule has 0 atom stereocenters. The fourth-order valence-electron chi connectivity index (χ4n) is 2.28. The molecule has 1 aromatic heterocycles. The van der Waals surface area contributed by atoms with Crippen LogP contribution in [0.1, 0.15) is 48.8 Å². The van der Waals surface area contributed by atoms with E-state index in [2.05, 4.69) is 23.5 Å². The number of amides is 1. The molecule has 1 aliphatic rings. The number of thiophene rings is 1. The topological polar surface area (TPSA) is 41.5 Å². The summed E-state index contributed by atoms with van der Waals surface area (Å²) < 4.78 is 0. The van der Waals surface area contributed by atoms with E-state index in [-0.39, 0.29) is 11.8 Å². The quantitative estimate of drug-likeness (QED) is 0.659. The molecule has 1 aromatic rings. The van der Waals surface area contributed by atoms with Crippen LogP contribution in [0.3, 0.4) is 0 Å². The molecule has 1 heterocycles. The smallest absolute Gasteiger partial charge is 0.243 e. The van der Waals surface area contributed by atoms with Gasteiger partial charge < -0.3 is 0 Å². The van der Waals surface area contributed by atoms with E-state index in [1.807, 2.05) is 13.0 Å². The Balaban J connectivity index is 1.91. The lowest BCUT2D eigenvalue weighted by Gasteiger charge is -2.19. The highest BCUT2D eigenvalue weighted by molar-refractivity contribution is 7.14. The number of hydrogen-bond donors (Lipinski definition) is 1. The normalized spacial score (nSPS) is 17.8. The fourth-order valence-corrected chi connectivity index (χ4v) is 3.09. The van der Waals surface area contributed by atoms with Gasteiger partial charge in [0.2, 0.25) is 5.91 Å². The van der Waals surface area contributed by atoms with E-state index in [1.54, 1.807) is 11.3 Å². The van der Waals surface area contributed by atoms with Gasteiger partial charge >= 0.3 is 0 Å². The zero-order valence-corrected chi connectivity index (χ0v) is 11.8. The molecule has 1 fully saturated rings. The monoisotopic (exact) mass is 264 g/mol. The van der Waals surface area contributed by atoms with Crippen molar-refractivity contribution in [1.82, 2.24) is 5.43 Å². The van der Waals surface area contributed by atoms with E-state index in [0.29, 0.717) is 0 Å². The van der Waals surface area contributed by atoms with Gasteiger partial charge in [-0.25, -0.2) is 5.43 Å². The van der Waals surface area contributed by atoms with Crippen LogP contribution in [0.25, 0.3) is 0 Å². The van der Waals surface area contributed by atoms with Crippen molar-refractivity contribution < 1.29 is 4.79 Å². The lowest BCUT2D eigenvalue weighted by Crippen LogP contribution is -2.29. The second-order valence-electron chi connectivity index (χ2n) is 4.92. The molecule has 18 heavy (non-hydrogen) atoms. The summed E-state index contributed by atoms with van der Waals surface area (Å²) in [6.45, 7) is 4.01. The number of carbonyl (C=O) groups excluding carboxylic acids is 1. The van der Waals surface area contributed by atoms with E-state index >= 15 is 0 Å². The Labute approximate surface area is 112 Å². The molecule has 0 radical (unpaired) electrons. The summed E-state index contributed by atoms with van der Waals surface area (Å²) in [5.74, 6) is 0.252. The molecule has 4 heteroatoms. The number of carbonyl (C=O) groups is 1. The Hall–Kier alpha value is -1.16. The Morgan fingerprint density at radius 1 is 1.33 bits per heavy atom. The maximum Gasteiger partial charge on any atom is 0.243 e. The van der Waals surface area contributed by atoms with Gasteiger partial charge in [0.05, 0.1) is 10.6 Å². The van der Waals surface area contributed by atoms with Crippen molar-refractivity contribution >= 4 is 23.0 Å². The third-order valence-electron chi connectivity index (χ3n) is 3.41. The number of nitrogens with one attached hydrogen (secondary N) is 1. The van der Waals surface area contributed by atoms with Crippen LogP contribution in [0, 0.1) is 12.8 Å². The Kier molecular flexibility index (Phi) is 4.53. The van der Waals surface area contributed by atoms with Gasteiger partial charge in [-0.3, -0.25) is 4.79 Å². The van der Waals surface area contributed by atoms with Crippen LogP contribution in [0.4, 0.5) is 0 Å². The van der Waals surface area contributed by atoms with Gasteiger partial charge in [-0.1, -0.05) is 19.3 Å². The third-order valence-corrected chi connectivity index (χ3v) is 4.52. The van der Waals surface area contributed by atoms with Crippen molar-refractivity contribution in [2.75, 3.05) is 0 Å². The molecule has 0 unspecified atom stereocenters. The minimum atomic E-state index is 0.0855. The summed E-state index contributed by atoms with van der Waals surface area (Å²) in [6, 6.07) is 4.12. The highest BCUT2D eigenvalue weighted by Crippen LogP contribution is 2.23. The van der Waals surface area contributed by atoms with E-state index in [9.17, 15) is 4.79 Å². The standard InChI is InChI=1S/C14H20N2OS/c1-10-8-9-13(18-10)11(2)15-16-14(17)12-6-4-3-5-7-12/h8-9,12H,3-7H2,1-2H3,(H,16,17). The van der Waals surface area contributed by atoms with Gasteiger partial charge in [0.1, 0.15) is 0 Å². The molecule has 0 spiro atoms. The van der Waals surface area contributed by atoms with Gasteiger partial charge in [0.15, 0.2) is 0 Å². The second kappa shape index (κ2) is 6.14. The predicted molar refractivity (Wildman–Crippen MR) is 76.0 cm³/mol. The highest BCUT2D eigenvalue weighted by atomic mass is 32.1. The zero-order chi connectivity index (χ0) is 13.0. The highest BCUT2D eigenvalue weighted by Gasteiger charge is 2.20. The Morgan fingerprint density at radius 3 is 2.67 bits per heavy atom. The van der Waals surface area contributed by atoms with E-state index < -0.39 is 0 Å². The molecule has 1 aliphatic carbocycles. The fraction of sp³-hybridized carbons (Fsp3) is 0.571. The lowest BCUT2D eigenvalue weighted by atomic mass is 9.89. The lowest BCUT2D eigenvalue weighted by molar-refractivity contribution is -0.125. The van der Waals surface area contributed by atoms with Crippen molar-refractivity contribution in [3.63, 3.8) is 0 Å². The van der Waals surface area contributed by atoms with Crippen LogP contribution in [0.15, 0.2) is 17.2 Å². The maximum atomic E-state index is 11.9. The molecule has 98 valence electrons. The van der Waals surface area contributed by atoms with Crippen molar-refractivity contribution in [3.05, 3.63) is 21.9 Å². The summed E-state index contributed by atoms with van der Waals surface area (Å²) in [5.41, 5.74) is 3.60. The van der Waals surface area contributed by atoms with Gasteiger partial charge in [-0.05, 0) is 38.8 Å². The molecule has 0 aromatic carbocycles. The van der Waals surface area contributed by atoms with E-state index in [4.69, 9.17) is 0 Å². The molecule has 1 N–H and O–H groups in total. The largest absolute Gasteiger partial charge is 0.273 e. The van der Waals surface area contributed by atoms with Crippen LogP contribution < -0.4 is 5.43 Å². The van der Waals surface area contributed by atoms with Gasteiger partial charge in [0.25, 0.3) is 0 Å². The van der Waals surface area contributed by atoms with Crippen LogP contribution in [0.5, 0.6) is 0 Å². The van der Waals surface area contributed by atoms with Crippen LogP contribution in [0.2, 0.25) is 0 Å². The average molecular weight is 264 g/mol. The predicted octanol–water partition coefficient (Wildman–Crippen LogP) is 3.48. The molecule has 2 rings (SSSR count). The third kappa shape index (κ3) is 3.42. The molecule has 1 saturated carbocycles. The average Bonchev–Trinajstić information content (AvgIpc) is 2.83. The van der Waals surface area contributed by atoms with Crippen LogP contribution >= 0.6 is 11.3 Å². The zero-order valence-electron chi connectivity index (χ0n) is 11.0. The van der Waals surface area contributed by atoms with Crippen molar-refractivity contribution in [1.29, 1.82) is 0 Å². The maximum absolute atomic E-state index is 11.9. The van der Waals surface area contributed by atoms with Crippen LogP contribution in [-0.2, 0) is 4.79 Å². The second-order valence-corrected chi connectivity index (χ2v) is 6.21. The molecule has 1 amide bonds. The number of hydrogen-bond acceptors (Lipinski definition) is 3. The molecule has 3 nitrogen and oxygen atoms in total. The summed E-state index contributed by atoms with van der Waals surface area (Å²) >= 11 is 1.70. The summed E-state index contributed by atoms with van der Waals surface area (Å²) in [6.07, 6.45) is 5.63. The van der Waals surface area contributed by atoms with Crippen LogP contribution in [-0.4, -0.2) is 11.6 Å². The number of hydrazone groups is 1. The first-order valence-electron chi connectivity index (χ1n) is 6.58. The first kappa shape index (κ1) is 13.3. The van der Waals surface area contributed by atoms with E-state index in [0.717, 1.165) is 23.4 Å². The van der Waals surface area contributed by atoms with Crippen molar-refractivity contribution in [3.8, 4) is 0 Å². The number of rotatable bonds is 3. The minimum absolute atomic E-state index is 0.0855. The molecule has 0 aliphatic heterocycles. The number of aryl methyl sites for hydroxylation is 1. The first-order valence-corrected chi connectivity index (χ1v) is 7.39. The van der Waals surface area contributed by atoms with Crippen molar-refractivity contribution in [2.24, 2.45) is 11.0 Å². The summed E-state index contributed by atoms with van der Waals surface area (Å²) in [7, 11) is 0. The first-order chi connectivity index (χ1) is 8.66. The van der Waals surface area contributed by atoms with Gasteiger partial charge in [-0.2, -0.15) is 5.10 Å². The molecular formula is C14H20N2OS. The molecular weight excluding hydrogens is 244 g/mol. The number of nitrogens with zero attached hydrogens (tertiary/aromatic N) is 1. The SMILES string of the molecule is CC(=NNC(=O)C1CCCCC1)c1ccc(C)s1. The summed E-state index contributed by atoms with van der Waals surface area (Å²) in [4.78, 5) is 14.3. The molecule has 0 bridgehead atoms. The van der Waals surface area contributed by atoms with Crippen molar-refractivity contribution in [2.45, 2.75) is 46.0 Å². The summed E-state index contributed by atoms with van der Waals surface area (Å²) in [5, 5.41) is 4.21. The molecule has 0 saturated heterocycles. The van der Waals surface area contributed by atoms with Gasteiger partial charge in [-0.15, -0.1) is 11.3 Å².